The molecule has 0 radical (unpaired) electrons. The van der Waals surface area contributed by atoms with Crippen molar-refractivity contribution in [3.63, 3.8) is 0 Å². The average molecular weight is 230 g/mol. The number of hydrogen-bond acceptors (Lipinski definition) is 3. The summed E-state index contributed by atoms with van der Waals surface area (Å²) in [6, 6.07) is 10.3. The maximum absolute atomic E-state index is 9.03. The molecule has 1 aromatic carbocycles. The van der Waals surface area contributed by atoms with Gasteiger partial charge in [-0.25, -0.2) is 0 Å². The zero-order chi connectivity index (χ0) is 12.3. The molecule has 0 unspecified atom stereocenters. The van der Waals surface area contributed by atoms with E-state index in [4.69, 9.17) is 10.00 Å². The monoisotopic (exact) mass is 230 g/mol. The van der Waals surface area contributed by atoms with Gasteiger partial charge >= 0.3 is 0 Å². The van der Waals surface area contributed by atoms with Crippen LogP contribution in [0.4, 0.5) is 5.69 Å². The van der Waals surface area contributed by atoms with Gasteiger partial charge in [0.05, 0.1) is 23.3 Å². The van der Waals surface area contributed by atoms with Crippen molar-refractivity contribution in [3.05, 3.63) is 24.3 Å². The molecule has 3 heteroatoms. The highest BCUT2D eigenvalue weighted by molar-refractivity contribution is 5.56. The first-order valence-electron chi connectivity index (χ1n) is 6.06. The Hall–Kier alpha value is -1.69. The topological polar surface area (TPSA) is 45.0 Å². The molecule has 1 aliphatic carbocycles. The van der Waals surface area contributed by atoms with Crippen molar-refractivity contribution >= 4 is 5.69 Å². The predicted octanol–water partition coefficient (Wildman–Crippen LogP) is 3.19. The van der Waals surface area contributed by atoms with Crippen LogP contribution in [-0.4, -0.2) is 12.6 Å². The first-order chi connectivity index (χ1) is 8.15. The summed E-state index contributed by atoms with van der Waals surface area (Å²) < 4.78 is 5.72. The maximum Gasteiger partial charge on any atom is 0.142 e. The third-order valence-corrected chi connectivity index (χ3v) is 2.96. The summed E-state index contributed by atoms with van der Waals surface area (Å²) in [5, 5.41) is 12.4. The highest BCUT2D eigenvalue weighted by Gasteiger charge is 2.42. The Morgan fingerprint density at radius 1 is 1.41 bits per heavy atom. The number of nitrogens with one attached hydrogen (secondary N) is 1. The van der Waals surface area contributed by atoms with Crippen molar-refractivity contribution < 1.29 is 4.74 Å². The van der Waals surface area contributed by atoms with Crippen molar-refractivity contribution in [2.75, 3.05) is 11.9 Å². The van der Waals surface area contributed by atoms with Crippen molar-refractivity contribution in [2.45, 2.75) is 32.8 Å². The molecule has 2 rings (SSSR count). The van der Waals surface area contributed by atoms with E-state index in [0.29, 0.717) is 6.54 Å². The van der Waals surface area contributed by atoms with E-state index in [1.807, 2.05) is 38.1 Å². The number of hydrogen-bond donors (Lipinski definition) is 1. The average Bonchev–Trinajstić information content (AvgIpc) is 3.08. The summed E-state index contributed by atoms with van der Waals surface area (Å²) in [6.07, 6.45) is 2.16. The molecule has 0 aromatic heterocycles. The first-order valence-corrected chi connectivity index (χ1v) is 6.06. The van der Waals surface area contributed by atoms with E-state index < -0.39 is 0 Å². The number of anilines is 1. The molecule has 1 fully saturated rings. The number of benzene rings is 1. The SMILES string of the molecule is CC(C)Oc1ccccc1NCC1(C#N)CC1. The number of rotatable bonds is 5. The number of para-hydroxylation sites is 2. The lowest BCUT2D eigenvalue weighted by molar-refractivity contribution is 0.243. The molecule has 0 atom stereocenters. The molecular weight excluding hydrogens is 212 g/mol. The lowest BCUT2D eigenvalue weighted by Crippen LogP contribution is -2.15. The van der Waals surface area contributed by atoms with E-state index in [2.05, 4.69) is 11.4 Å². The Bertz CT molecular complexity index is 430. The quantitative estimate of drug-likeness (QED) is 0.844. The van der Waals surface area contributed by atoms with Crippen LogP contribution < -0.4 is 10.1 Å². The lowest BCUT2D eigenvalue weighted by atomic mass is 10.1. The molecule has 0 amide bonds. The van der Waals surface area contributed by atoms with E-state index in [9.17, 15) is 0 Å². The molecule has 0 bridgehead atoms. The number of nitriles is 1. The molecule has 90 valence electrons. The fourth-order valence-electron chi connectivity index (χ4n) is 1.71. The van der Waals surface area contributed by atoms with Gasteiger partial charge in [-0.05, 0) is 38.8 Å². The minimum atomic E-state index is -0.134. The van der Waals surface area contributed by atoms with Gasteiger partial charge in [-0.1, -0.05) is 12.1 Å². The van der Waals surface area contributed by atoms with Gasteiger partial charge < -0.3 is 10.1 Å². The van der Waals surface area contributed by atoms with Gasteiger partial charge in [-0.3, -0.25) is 0 Å². The van der Waals surface area contributed by atoms with Gasteiger partial charge in [-0.2, -0.15) is 5.26 Å². The van der Waals surface area contributed by atoms with Crippen LogP contribution in [0.15, 0.2) is 24.3 Å². The lowest BCUT2D eigenvalue weighted by Gasteiger charge is -2.16. The molecule has 0 aliphatic heterocycles. The van der Waals surface area contributed by atoms with Crippen LogP contribution in [0.2, 0.25) is 0 Å². The van der Waals surface area contributed by atoms with E-state index in [0.717, 1.165) is 24.3 Å². The second-order valence-corrected chi connectivity index (χ2v) is 4.91. The van der Waals surface area contributed by atoms with Crippen molar-refractivity contribution in [3.8, 4) is 11.8 Å². The van der Waals surface area contributed by atoms with Gasteiger partial charge in [0.25, 0.3) is 0 Å². The second kappa shape index (κ2) is 4.67. The van der Waals surface area contributed by atoms with Crippen LogP contribution in [0.25, 0.3) is 0 Å². The Morgan fingerprint density at radius 2 is 2.12 bits per heavy atom. The largest absolute Gasteiger partial charge is 0.489 e. The summed E-state index contributed by atoms with van der Waals surface area (Å²) >= 11 is 0. The van der Waals surface area contributed by atoms with Crippen molar-refractivity contribution in [1.29, 1.82) is 5.26 Å². The van der Waals surface area contributed by atoms with E-state index in [1.54, 1.807) is 0 Å². The Balaban J connectivity index is 2.02. The Morgan fingerprint density at radius 3 is 2.71 bits per heavy atom. The van der Waals surface area contributed by atoms with Gasteiger partial charge in [-0.15, -0.1) is 0 Å². The van der Waals surface area contributed by atoms with Crippen LogP contribution in [0.5, 0.6) is 5.75 Å². The van der Waals surface area contributed by atoms with E-state index >= 15 is 0 Å². The third kappa shape index (κ3) is 2.91. The normalized spacial score (nSPS) is 16.4. The molecule has 1 aliphatic rings. The molecular formula is C14H18N2O. The zero-order valence-electron chi connectivity index (χ0n) is 10.4. The van der Waals surface area contributed by atoms with Crippen LogP contribution in [0.3, 0.4) is 0 Å². The smallest absolute Gasteiger partial charge is 0.142 e. The van der Waals surface area contributed by atoms with Crippen molar-refractivity contribution in [1.82, 2.24) is 0 Å². The minimum Gasteiger partial charge on any atom is -0.489 e. The molecule has 0 saturated heterocycles. The zero-order valence-corrected chi connectivity index (χ0v) is 10.4. The van der Waals surface area contributed by atoms with Gasteiger partial charge in [0.15, 0.2) is 0 Å². The molecule has 17 heavy (non-hydrogen) atoms. The first kappa shape index (κ1) is 11.8. The van der Waals surface area contributed by atoms with Gasteiger partial charge in [0, 0.05) is 6.54 Å². The van der Waals surface area contributed by atoms with Gasteiger partial charge in [0.1, 0.15) is 5.75 Å². The van der Waals surface area contributed by atoms with E-state index in [1.165, 1.54) is 0 Å². The molecule has 1 saturated carbocycles. The summed E-state index contributed by atoms with van der Waals surface area (Å²) in [4.78, 5) is 0. The fraction of sp³-hybridized carbons (Fsp3) is 0.500. The van der Waals surface area contributed by atoms with E-state index in [-0.39, 0.29) is 11.5 Å². The second-order valence-electron chi connectivity index (χ2n) is 4.91. The summed E-state index contributed by atoms with van der Waals surface area (Å²) in [5.74, 6) is 0.858. The molecule has 3 nitrogen and oxygen atoms in total. The fourth-order valence-corrected chi connectivity index (χ4v) is 1.71. The number of nitrogens with zero attached hydrogens (tertiary/aromatic N) is 1. The number of ether oxygens (including phenoxy) is 1. The summed E-state index contributed by atoms with van der Waals surface area (Å²) in [6.45, 7) is 4.73. The maximum atomic E-state index is 9.03. The highest BCUT2D eigenvalue weighted by atomic mass is 16.5. The molecule has 0 spiro atoms. The van der Waals surface area contributed by atoms with Crippen LogP contribution in [0, 0.1) is 16.7 Å². The van der Waals surface area contributed by atoms with Crippen LogP contribution in [0.1, 0.15) is 26.7 Å². The van der Waals surface area contributed by atoms with Crippen LogP contribution in [-0.2, 0) is 0 Å². The molecule has 0 heterocycles. The third-order valence-electron chi connectivity index (χ3n) is 2.96. The summed E-state index contributed by atoms with van der Waals surface area (Å²) in [7, 11) is 0. The molecule has 1 N–H and O–H groups in total. The van der Waals surface area contributed by atoms with Crippen molar-refractivity contribution in [2.24, 2.45) is 5.41 Å². The summed E-state index contributed by atoms with van der Waals surface area (Å²) in [5.41, 5.74) is 0.841. The molecule has 1 aromatic rings. The highest BCUT2D eigenvalue weighted by Crippen LogP contribution is 2.45. The Labute approximate surface area is 102 Å². The Kier molecular flexibility index (Phi) is 3.23. The predicted molar refractivity (Wildman–Crippen MR) is 68.0 cm³/mol. The van der Waals surface area contributed by atoms with Crippen LogP contribution >= 0.6 is 0 Å². The van der Waals surface area contributed by atoms with Gasteiger partial charge in [0.2, 0.25) is 0 Å². The standard InChI is InChI=1S/C14H18N2O/c1-11(2)17-13-6-4-3-5-12(13)16-10-14(9-15)7-8-14/h3-6,11,16H,7-8,10H2,1-2H3. The minimum absolute atomic E-state index is 0.134.